The molecule has 0 aliphatic carbocycles. The van der Waals surface area contributed by atoms with Crippen molar-refractivity contribution >= 4 is 27.5 Å². The first-order valence-corrected chi connectivity index (χ1v) is 12.6. The summed E-state index contributed by atoms with van der Waals surface area (Å²) in [6.45, 7) is 7.57. The molecule has 1 atom stereocenters. The van der Waals surface area contributed by atoms with E-state index in [1.807, 2.05) is 57.2 Å². The van der Waals surface area contributed by atoms with Gasteiger partial charge >= 0.3 is 0 Å². The number of amides is 2. The Morgan fingerprint density at radius 2 is 1.69 bits per heavy atom. The van der Waals surface area contributed by atoms with E-state index in [0.717, 1.165) is 27.3 Å². The molecule has 0 aromatic heterocycles. The summed E-state index contributed by atoms with van der Waals surface area (Å²) in [5.74, 6) is -0.697. The van der Waals surface area contributed by atoms with Crippen molar-refractivity contribution in [3.63, 3.8) is 0 Å². The highest BCUT2D eigenvalue weighted by atomic mass is 32.2. The monoisotopic (exact) mass is 459 g/mol. The fraction of sp³-hybridized carbons (Fsp3) is 0.417. The van der Waals surface area contributed by atoms with Crippen LogP contribution in [-0.2, 0) is 26.0 Å². The van der Waals surface area contributed by atoms with E-state index >= 15 is 0 Å². The molecule has 0 spiro atoms. The summed E-state index contributed by atoms with van der Waals surface area (Å²) in [5, 5.41) is 2.75. The molecule has 7 nitrogen and oxygen atoms in total. The van der Waals surface area contributed by atoms with Crippen LogP contribution in [-0.4, -0.2) is 57.1 Å². The van der Waals surface area contributed by atoms with Gasteiger partial charge in [-0.05, 0) is 56.9 Å². The van der Waals surface area contributed by atoms with E-state index in [2.05, 4.69) is 5.32 Å². The second-order valence-corrected chi connectivity index (χ2v) is 9.79. The van der Waals surface area contributed by atoms with Crippen LogP contribution in [0.5, 0.6) is 0 Å². The maximum Gasteiger partial charge on any atom is 0.244 e. The normalized spacial score (nSPS) is 12.2. The molecule has 0 radical (unpaired) electrons. The van der Waals surface area contributed by atoms with Gasteiger partial charge in [0.1, 0.15) is 12.6 Å². The second kappa shape index (κ2) is 11.1. The lowest BCUT2D eigenvalue weighted by Gasteiger charge is -2.32. The lowest BCUT2D eigenvalue weighted by atomic mass is 10.1. The first-order chi connectivity index (χ1) is 15.1. The number of carbonyl (C=O) groups excluding carboxylic acids is 2. The summed E-state index contributed by atoms with van der Waals surface area (Å²) in [4.78, 5) is 27.4. The highest BCUT2D eigenvalue weighted by Gasteiger charge is 2.30. The average molecular weight is 460 g/mol. The van der Waals surface area contributed by atoms with E-state index in [1.165, 1.54) is 4.90 Å². The number of sulfonamides is 1. The number of aryl methyl sites for hydroxylation is 1. The van der Waals surface area contributed by atoms with E-state index in [4.69, 9.17) is 0 Å². The van der Waals surface area contributed by atoms with Crippen LogP contribution in [0.25, 0.3) is 0 Å². The van der Waals surface area contributed by atoms with Gasteiger partial charge in [0.25, 0.3) is 0 Å². The zero-order valence-electron chi connectivity index (χ0n) is 19.5. The highest BCUT2D eigenvalue weighted by Crippen LogP contribution is 2.25. The largest absolute Gasteiger partial charge is 0.355 e. The lowest BCUT2D eigenvalue weighted by Crippen LogP contribution is -2.52. The number of nitrogens with one attached hydrogen (secondary N) is 1. The van der Waals surface area contributed by atoms with E-state index < -0.39 is 22.0 Å². The zero-order valence-corrected chi connectivity index (χ0v) is 20.3. The molecule has 2 rings (SSSR count). The third kappa shape index (κ3) is 6.56. The Balaban J connectivity index is 2.34. The summed E-state index contributed by atoms with van der Waals surface area (Å²) in [6.07, 6.45) is 1.64. The van der Waals surface area contributed by atoms with Crippen molar-refractivity contribution in [2.24, 2.45) is 0 Å². The molecule has 0 unspecified atom stereocenters. The maximum absolute atomic E-state index is 13.4. The van der Waals surface area contributed by atoms with Crippen molar-refractivity contribution in [1.29, 1.82) is 0 Å². The van der Waals surface area contributed by atoms with Crippen molar-refractivity contribution in [3.05, 3.63) is 65.2 Å². The van der Waals surface area contributed by atoms with Crippen LogP contribution in [0.15, 0.2) is 48.5 Å². The molecule has 0 fully saturated rings. The van der Waals surface area contributed by atoms with Gasteiger partial charge in [-0.1, -0.05) is 42.5 Å². The predicted molar refractivity (Wildman–Crippen MR) is 128 cm³/mol. The van der Waals surface area contributed by atoms with E-state index in [0.29, 0.717) is 25.2 Å². The van der Waals surface area contributed by atoms with Gasteiger partial charge < -0.3 is 10.2 Å². The first-order valence-electron chi connectivity index (χ1n) is 10.7. The topological polar surface area (TPSA) is 86.8 Å². The molecule has 2 aromatic carbocycles. The Kier molecular flexibility index (Phi) is 8.83. The molecule has 1 N–H and O–H groups in total. The molecule has 0 saturated heterocycles. The Morgan fingerprint density at radius 3 is 2.28 bits per heavy atom. The molecule has 2 aromatic rings. The molecule has 174 valence electrons. The lowest BCUT2D eigenvalue weighted by molar-refractivity contribution is -0.138. The van der Waals surface area contributed by atoms with Crippen LogP contribution in [0.2, 0.25) is 0 Å². The van der Waals surface area contributed by atoms with Gasteiger partial charge in [0.15, 0.2) is 0 Å². The van der Waals surface area contributed by atoms with Gasteiger partial charge in [-0.3, -0.25) is 13.9 Å². The van der Waals surface area contributed by atoms with E-state index in [1.54, 1.807) is 19.1 Å². The van der Waals surface area contributed by atoms with Crippen molar-refractivity contribution in [2.45, 2.75) is 40.2 Å². The molecule has 0 aliphatic heterocycles. The van der Waals surface area contributed by atoms with Crippen LogP contribution in [0.3, 0.4) is 0 Å². The fourth-order valence-electron chi connectivity index (χ4n) is 3.49. The van der Waals surface area contributed by atoms with Crippen LogP contribution in [0, 0.1) is 13.8 Å². The Bertz CT molecular complexity index is 1040. The molecule has 32 heavy (non-hydrogen) atoms. The first kappa shape index (κ1) is 25.4. The number of rotatable bonds is 10. The number of carbonyl (C=O) groups is 2. The number of likely N-dealkylation sites (N-methyl/N-ethyl adjacent to an activating group) is 1. The minimum absolute atomic E-state index is 0.272. The summed E-state index contributed by atoms with van der Waals surface area (Å²) in [5.41, 5.74) is 3.22. The third-order valence-electron chi connectivity index (χ3n) is 5.53. The van der Waals surface area contributed by atoms with Gasteiger partial charge in [0.2, 0.25) is 21.8 Å². The molecular formula is C24H33N3O4S. The average Bonchev–Trinajstić information content (AvgIpc) is 2.74. The van der Waals surface area contributed by atoms with Crippen LogP contribution in [0.4, 0.5) is 5.69 Å². The third-order valence-corrected chi connectivity index (χ3v) is 6.65. The highest BCUT2D eigenvalue weighted by molar-refractivity contribution is 7.92. The van der Waals surface area contributed by atoms with Crippen LogP contribution < -0.4 is 9.62 Å². The smallest absolute Gasteiger partial charge is 0.244 e. The maximum atomic E-state index is 13.4. The molecule has 0 saturated carbocycles. The minimum atomic E-state index is -3.72. The van der Waals surface area contributed by atoms with Gasteiger partial charge in [0, 0.05) is 13.1 Å². The predicted octanol–water partition coefficient (Wildman–Crippen LogP) is 2.67. The molecule has 0 aliphatic rings. The van der Waals surface area contributed by atoms with E-state index in [-0.39, 0.29) is 12.5 Å². The minimum Gasteiger partial charge on any atom is -0.355 e. The number of nitrogens with zero attached hydrogens (tertiary/aromatic N) is 2. The number of hydrogen-bond acceptors (Lipinski definition) is 4. The van der Waals surface area contributed by atoms with E-state index in [9.17, 15) is 18.0 Å². The summed E-state index contributed by atoms with van der Waals surface area (Å²) in [7, 11) is -3.72. The molecule has 0 bridgehead atoms. The van der Waals surface area contributed by atoms with Crippen molar-refractivity contribution in [1.82, 2.24) is 10.2 Å². The SMILES string of the molecule is CCNC(=O)[C@H](C)N(CCc1ccccc1)C(=O)CN(c1cccc(C)c1C)S(C)(=O)=O. The van der Waals surface area contributed by atoms with Gasteiger partial charge in [-0.2, -0.15) is 0 Å². The number of benzene rings is 2. The van der Waals surface area contributed by atoms with Crippen molar-refractivity contribution < 1.29 is 18.0 Å². The second-order valence-electron chi connectivity index (χ2n) is 7.88. The summed E-state index contributed by atoms with van der Waals surface area (Å²) in [6, 6.07) is 14.3. The molecule has 0 heterocycles. The van der Waals surface area contributed by atoms with Crippen LogP contribution in [0.1, 0.15) is 30.5 Å². The molecular weight excluding hydrogens is 426 g/mol. The fourth-order valence-corrected chi connectivity index (χ4v) is 4.39. The van der Waals surface area contributed by atoms with Crippen molar-refractivity contribution in [3.8, 4) is 0 Å². The molecule has 2 amide bonds. The summed E-state index contributed by atoms with van der Waals surface area (Å²) < 4.78 is 26.4. The quantitative estimate of drug-likeness (QED) is 0.592. The Hall–Kier alpha value is -2.87. The number of anilines is 1. The zero-order chi connectivity index (χ0) is 23.9. The standard InChI is InChI=1S/C24H33N3O4S/c1-6-25-24(29)20(4)26(16-15-21-12-8-7-9-13-21)23(28)17-27(32(5,30)31)22-14-10-11-18(2)19(22)3/h7-14,20H,6,15-17H2,1-5H3,(H,25,29)/t20-/m0/s1. The number of hydrogen-bond donors (Lipinski definition) is 1. The Morgan fingerprint density at radius 1 is 1.03 bits per heavy atom. The Labute approximate surface area is 191 Å². The van der Waals surface area contributed by atoms with Crippen LogP contribution >= 0.6 is 0 Å². The van der Waals surface area contributed by atoms with Gasteiger partial charge in [-0.25, -0.2) is 8.42 Å². The summed E-state index contributed by atoms with van der Waals surface area (Å²) >= 11 is 0. The van der Waals surface area contributed by atoms with Crippen molar-refractivity contribution in [2.75, 3.05) is 30.2 Å². The van der Waals surface area contributed by atoms with Gasteiger partial charge in [0.05, 0.1) is 11.9 Å². The molecule has 8 heteroatoms. The van der Waals surface area contributed by atoms with Gasteiger partial charge in [-0.15, -0.1) is 0 Å².